The fraction of sp³-hybridized carbons (Fsp3) is 0.190. The van der Waals surface area contributed by atoms with Gasteiger partial charge in [0.05, 0.1) is 12.8 Å². The predicted octanol–water partition coefficient (Wildman–Crippen LogP) is 4.39. The van der Waals surface area contributed by atoms with Crippen molar-refractivity contribution < 1.29 is 28.0 Å². The average molecular weight is 402 g/mol. The fourth-order valence-electron chi connectivity index (χ4n) is 2.49. The van der Waals surface area contributed by atoms with Gasteiger partial charge in [0.25, 0.3) is 6.08 Å². The third-order valence-electron chi connectivity index (χ3n) is 3.84. The Labute approximate surface area is 167 Å². The van der Waals surface area contributed by atoms with Crippen LogP contribution in [0.3, 0.4) is 0 Å². The molecule has 6 nitrogen and oxygen atoms in total. The van der Waals surface area contributed by atoms with E-state index >= 15 is 0 Å². The summed E-state index contributed by atoms with van der Waals surface area (Å²) in [6.07, 6.45) is -0.999. The summed E-state index contributed by atoms with van der Waals surface area (Å²) >= 11 is 0. The molecule has 0 saturated carbocycles. The first-order chi connectivity index (χ1) is 14.0. The second-order valence-corrected chi connectivity index (χ2v) is 5.78. The van der Waals surface area contributed by atoms with Gasteiger partial charge in [0.15, 0.2) is 5.71 Å². The van der Waals surface area contributed by atoms with E-state index in [4.69, 9.17) is 14.4 Å². The molecule has 2 aromatic carbocycles. The number of oxime groups is 2. The van der Waals surface area contributed by atoms with Crippen molar-refractivity contribution in [2.24, 2.45) is 10.3 Å². The molecule has 0 radical (unpaired) electrons. The molecule has 29 heavy (non-hydrogen) atoms. The molecule has 2 aromatic rings. The van der Waals surface area contributed by atoms with Crippen LogP contribution in [0.1, 0.15) is 29.2 Å². The zero-order valence-electron chi connectivity index (χ0n) is 16.2. The quantitative estimate of drug-likeness (QED) is 0.373. The summed E-state index contributed by atoms with van der Waals surface area (Å²) < 4.78 is 29.6. The molecule has 0 bridgehead atoms. The number of nitrogens with zero attached hydrogens (tertiary/aromatic N) is 2. The summed E-state index contributed by atoms with van der Waals surface area (Å²) in [6, 6.07) is 13.5. The number of hydrogen-bond donors (Lipinski definition) is 0. The van der Waals surface area contributed by atoms with Gasteiger partial charge in [-0.25, -0.2) is 4.79 Å². The predicted molar refractivity (Wildman–Crippen MR) is 106 cm³/mol. The van der Waals surface area contributed by atoms with Crippen LogP contribution in [0.2, 0.25) is 0 Å². The Kier molecular flexibility index (Phi) is 8.02. The molecule has 0 saturated heterocycles. The molecule has 0 aliphatic carbocycles. The number of rotatable bonds is 8. The first kappa shape index (κ1) is 21.7. The smallest absolute Gasteiger partial charge is 0.360 e. The van der Waals surface area contributed by atoms with Gasteiger partial charge in [-0.05, 0) is 24.1 Å². The van der Waals surface area contributed by atoms with Gasteiger partial charge in [-0.1, -0.05) is 52.8 Å². The summed E-state index contributed by atoms with van der Waals surface area (Å²) in [5, 5.41) is 7.78. The summed E-state index contributed by atoms with van der Waals surface area (Å²) in [5.41, 5.74) is 2.64. The van der Waals surface area contributed by atoms with E-state index in [1.54, 1.807) is 55.5 Å². The molecule has 0 aliphatic heterocycles. The molecule has 0 unspecified atom stereocenters. The van der Waals surface area contributed by atoms with Crippen molar-refractivity contribution in [3.63, 3.8) is 0 Å². The minimum absolute atomic E-state index is 0.00244. The molecule has 0 amide bonds. The molecule has 0 spiro atoms. The monoisotopic (exact) mass is 402 g/mol. The first-order valence-corrected chi connectivity index (χ1v) is 8.53. The van der Waals surface area contributed by atoms with Crippen LogP contribution in [0.5, 0.6) is 0 Å². The number of halogens is 2. The van der Waals surface area contributed by atoms with Crippen LogP contribution >= 0.6 is 0 Å². The molecule has 0 aliphatic rings. The lowest BCUT2D eigenvalue weighted by atomic mass is 10.0. The van der Waals surface area contributed by atoms with Crippen LogP contribution in [-0.2, 0) is 25.8 Å². The van der Waals surface area contributed by atoms with E-state index in [2.05, 4.69) is 10.3 Å². The van der Waals surface area contributed by atoms with Crippen molar-refractivity contribution in [3.8, 4) is 0 Å². The Balaban J connectivity index is 2.19. The highest BCUT2D eigenvalue weighted by atomic mass is 19.3. The van der Waals surface area contributed by atoms with Crippen molar-refractivity contribution in [3.05, 3.63) is 76.9 Å². The highest BCUT2D eigenvalue weighted by molar-refractivity contribution is 6.43. The van der Waals surface area contributed by atoms with Gasteiger partial charge in [-0.3, -0.25) is 0 Å². The van der Waals surface area contributed by atoms with Crippen LogP contribution in [0.25, 0.3) is 6.08 Å². The second kappa shape index (κ2) is 10.7. The van der Waals surface area contributed by atoms with Crippen molar-refractivity contribution in [1.82, 2.24) is 0 Å². The Morgan fingerprint density at radius 2 is 1.83 bits per heavy atom. The number of methoxy groups -OCH3 is 1. The van der Waals surface area contributed by atoms with Crippen LogP contribution < -0.4 is 0 Å². The second-order valence-electron chi connectivity index (χ2n) is 5.78. The molecule has 0 heterocycles. The maximum Gasteiger partial charge on any atom is 0.360 e. The topological polar surface area (TPSA) is 69.5 Å². The first-order valence-electron chi connectivity index (χ1n) is 8.53. The number of carbonyl (C=O) groups excluding carboxylic acids is 1. The Morgan fingerprint density at radius 3 is 2.52 bits per heavy atom. The largest absolute Gasteiger partial charge is 0.464 e. The Bertz CT molecular complexity index is 951. The zero-order valence-corrected chi connectivity index (χ0v) is 16.2. The molecule has 0 fully saturated rings. The Morgan fingerprint density at radius 1 is 1.07 bits per heavy atom. The summed E-state index contributed by atoms with van der Waals surface area (Å²) in [5.74, 6) is -0.649. The van der Waals surface area contributed by atoms with Crippen molar-refractivity contribution in [1.29, 1.82) is 0 Å². The maximum absolute atomic E-state index is 12.4. The van der Waals surface area contributed by atoms with Crippen molar-refractivity contribution >= 4 is 23.5 Å². The lowest BCUT2D eigenvalue weighted by Crippen LogP contribution is -2.19. The van der Waals surface area contributed by atoms with Gasteiger partial charge < -0.3 is 14.4 Å². The molecule has 0 N–H and O–H groups in total. The van der Waals surface area contributed by atoms with Crippen LogP contribution in [0.4, 0.5) is 8.78 Å². The average Bonchev–Trinajstić information content (AvgIpc) is 2.71. The van der Waals surface area contributed by atoms with E-state index in [1.807, 2.05) is 0 Å². The maximum atomic E-state index is 12.4. The van der Waals surface area contributed by atoms with Crippen LogP contribution in [0.15, 0.2) is 64.9 Å². The highest BCUT2D eigenvalue weighted by Gasteiger charge is 2.19. The molecule has 2 rings (SSSR count). The van der Waals surface area contributed by atoms with Crippen LogP contribution in [-0.4, -0.2) is 31.6 Å². The number of hydrogen-bond acceptors (Lipinski definition) is 6. The lowest BCUT2D eigenvalue weighted by molar-refractivity contribution is -0.132. The highest BCUT2D eigenvalue weighted by Crippen LogP contribution is 2.15. The summed E-state index contributed by atoms with van der Waals surface area (Å²) in [4.78, 5) is 22.1. The zero-order chi connectivity index (χ0) is 21.2. The molecular formula is C21H20F2N2O4. The summed E-state index contributed by atoms with van der Waals surface area (Å²) in [7, 11) is 2.58. The lowest BCUT2D eigenvalue weighted by Gasteiger charge is -2.10. The third-order valence-corrected chi connectivity index (χ3v) is 3.84. The molecular weight excluding hydrogens is 382 g/mol. The van der Waals surface area contributed by atoms with Gasteiger partial charge >= 0.3 is 5.97 Å². The van der Waals surface area contributed by atoms with Crippen molar-refractivity contribution in [2.45, 2.75) is 13.5 Å². The number of benzene rings is 2. The molecule has 0 atom stereocenters. The van der Waals surface area contributed by atoms with Crippen LogP contribution in [0, 0.1) is 0 Å². The van der Waals surface area contributed by atoms with E-state index in [9.17, 15) is 13.6 Å². The Hall–Kier alpha value is -3.55. The number of ether oxygens (including phenoxy) is 1. The third kappa shape index (κ3) is 6.24. The van der Waals surface area contributed by atoms with Gasteiger partial charge in [-0.15, -0.1) is 0 Å². The molecule has 8 heteroatoms. The fourth-order valence-corrected chi connectivity index (χ4v) is 2.49. The van der Waals surface area contributed by atoms with E-state index < -0.39 is 12.0 Å². The SMILES string of the molecule is CON=C(C(=O)OC)c1ccccc1CON=C(C)c1cccc(C=C(F)F)c1. The normalized spacial score (nSPS) is 11.6. The van der Waals surface area contributed by atoms with E-state index in [-0.39, 0.29) is 12.3 Å². The van der Waals surface area contributed by atoms with Gasteiger partial charge in [-0.2, -0.15) is 8.78 Å². The molecule has 152 valence electrons. The van der Waals surface area contributed by atoms with E-state index in [1.165, 1.54) is 14.2 Å². The van der Waals surface area contributed by atoms with Gasteiger partial charge in [0.2, 0.25) is 0 Å². The number of esters is 1. The molecule has 0 aromatic heterocycles. The minimum Gasteiger partial charge on any atom is -0.464 e. The number of carbonyl (C=O) groups is 1. The van der Waals surface area contributed by atoms with Gasteiger partial charge in [0.1, 0.15) is 13.7 Å². The standard InChI is InChI=1S/C21H20F2N2O4/c1-14(16-9-6-7-15(11-16)12-19(22)23)24-29-13-17-8-4-5-10-18(17)20(25-28-3)21(26)27-2/h4-12H,13H2,1-3H3. The van der Waals surface area contributed by atoms with E-state index in [0.29, 0.717) is 28.0 Å². The van der Waals surface area contributed by atoms with Crippen molar-refractivity contribution in [2.75, 3.05) is 14.2 Å². The van der Waals surface area contributed by atoms with Gasteiger partial charge in [0, 0.05) is 17.2 Å². The van der Waals surface area contributed by atoms with E-state index in [0.717, 1.165) is 6.08 Å². The minimum atomic E-state index is -1.77. The summed E-state index contributed by atoms with van der Waals surface area (Å²) in [6.45, 7) is 1.75.